The van der Waals surface area contributed by atoms with Gasteiger partial charge in [0.05, 0.1) is 50.8 Å². The van der Waals surface area contributed by atoms with Crippen molar-refractivity contribution in [2.75, 3.05) is 96.3 Å². The molecule has 18 heteroatoms. The van der Waals surface area contributed by atoms with Gasteiger partial charge in [-0.05, 0) is 172 Å². The highest BCUT2D eigenvalue weighted by atomic mass is 32.2. The van der Waals surface area contributed by atoms with Crippen LogP contribution in [0.15, 0.2) is 157 Å². The Morgan fingerprint density at radius 1 is 0.333 bits per heavy atom. The minimum Gasteiger partial charge on any atom is -0.340 e. The number of nitrogens with zero attached hydrogens (tertiary/aromatic N) is 6. The van der Waals surface area contributed by atoms with Crippen molar-refractivity contribution < 1.29 is 39.5 Å². The number of fused-ring (bicyclic) bond motifs is 6. The van der Waals surface area contributed by atoms with E-state index in [2.05, 4.69) is 14.7 Å². The zero-order valence-electron chi connectivity index (χ0n) is 40.8. The minimum atomic E-state index is -4.33. The molecule has 6 aromatic carbocycles. The van der Waals surface area contributed by atoms with Gasteiger partial charge in [0, 0.05) is 49.0 Å². The van der Waals surface area contributed by atoms with Gasteiger partial charge in [0.1, 0.15) is 0 Å². The largest absolute Gasteiger partial charge is 0.416 e. The smallest absolute Gasteiger partial charge is 0.340 e. The lowest BCUT2D eigenvalue weighted by atomic mass is 10.1. The molecule has 6 nitrogen and oxygen atoms in total. The summed E-state index contributed by atoms with van der Waals surface area (Å²) in [7, 11) is 12.0. The molecule has 3 aliphatic heterocycles. The van der Waals surface area contributed by atoms with E-state index in [1.807, 2.05) is 130 Å². The topological polar surface area (TPSA) is 19.4 Å². The third kappa shape index (κ3) is 13.8. The molecule has 384 valence electrons. The number of anilines is 6. The van der Waals surface area contributed by atoms with Crippen molar-refractivity contribution in [1.29, 1.82) is 0 Å². The molecule has 0 saturated heterocycles. The lowest BCUT2D eigenvalue weighted by Gasteiger charge is -2.33. The summed E-state index contributed by atoms with van der Waals surface area (Å²) in [5.74, 6) is 0. The average Bonchev–Trinajstić information content (AvgIpc) is 3.32. The molecule has 72 heavy (non-hydrogen) atoms. The molecule has 0 bridgehead atoms. The highest BCUT2D eigenvalue weighted by Gasteiger charge is 2.36. The summed E-state index contributed by atoms with van der Waals surface area (Å²) in [6, 6.07) is 35.7. The molecule has 6 aromatic rings. The summed E-state index contributed by atoms with van der Waals surface area (Å²) in [6.45, 7) is 4.72. The monoisotopic (exact) mass is 1060 g/mol. The third-order valence-electron chi connectivity index (χ3n) is 11.8. The number of rotatable bonds is 12. The van der Waals surface area contributed by atoms with E-state index in [9.17, 15) is 39.5 Å². The van der Waals surface area contributed by atoms with Crippen LogP contribution in [0.25, 0.3) is 0 Å². The predicted molar refractivity (Wildman–Crippen MR) is 277 cm³/mol. The van der Waals surface area contributed by atoms with E-state index >= 15 is 0 Å². The average molecular weight is 1060 g/mol. The molecule has 0 amide bonds. The Morgan fingerprint density at radius 2 is 0.569 bits per heavy atom. The number of halogens is 9. The highest BCUT2D eigenvalue weighted by Crippen LogP contribution is 2.52. The van der Waals surface area contributed by atoms with Gasteiger partial charge in [-0.3, -0.25) is 0 Å². The van der Waals surface area contributed by atoms with Gasteiger partial charge in [-0.25, -0.2) is 0 Å². The molecule has 0 aliphatic carbocycles. The summed E-state index contributed by atoms with van der Waals surface area (Å²) in [6.07, 6.45) is -10.4. The van der Waals surface area contributed by atoms with Crippen molar-refractivity contribution in [3.8, 4) is 0 Å². The van der Waals surface area contributed by atoms with Crippen LogP contribution < -0.4 is 14.7 Å². The zero-order chi connectivity index (χ0) is 52.0. The van der Waals surface area contributed by atoms with E-state index in [-0.39, 0.29) is 0 Å². The fraction of sp³-hybridized carbons (Fsp3) is 0.333. The van der Waals surface area contributed by atoms with Crippen LogP contribution in [0, 0.1) is 0 Å². The molecular weight excluding hydrogens is 1000 g/mol. The second kappa shape index (κ2) is 23.5. The van der Waals surface area contributed by atoms with Crippen LogP contribution in [0.2, 0.25) is 0 Å². The lowest BCUT2D eigenvalue weighted by Crippen LogP contribution is -2.25. The van der Waals surface area contributed by atoms with Crippen molar-refractivity contribution in [3.05, 3.63) is 144 Å². The fourth-order valence-corrected chi connectivity index (χ4v) is 11.6. The van der Waals surface area contributed by atoms with Crippen molar-refractivity contribution in [1.82, 2.24) is 14.7 Å². The molecule has 0 fully saturated rings. The molecule has 0 unspecified atom stereocenters. The molecule has 3 heterocycles. The molecule has 0 atom stereocenters. The van der Waals surface area contributed by atoms with Gasteiger partial charge in [0.15, 0.2) is 0 Å². The van der Waals surface area contributed by atoms with Crippen molar-refractivity contribution in [2.45, 2.75) is 67.2 Å². The van der Waals surface area contributed by atoms with Gasteiger partial charge in [0.2, 0.25) is 0 Å². The van der Waals surface area contributed by atoms with E-state index in [1.54, 1.807) is 18.2 Å². The number of para-hydroxylation sites is 3. The van der Waals surface area contributed by atoms with E-state index in [0.717, 1.165) is 104 Å². The van der Waals surface area contributed by atoms with E-state index in [0.29, 0.717) is 36.7 Å². The maximum absolute atomic E-state index is 13.1. The van der Waals surface area contributed by atoms with Crippen molar-refractivity contribution in [2.24, 2.45) is 0 Å². The first kappa shape index (κ1) is 54.8. The van der Waals surface area contributed by atoms with Crippen LogP contribution in [-0.2, 0) is 18.5 Å². The Balaban J connectivity index is 0.000000158. The summed E-state index contributed by atoms with van der Waals surface area (Å²) >= 11 is 4.58. The normalized spacial score (nSPS) is 13.8. The van der Waals surface area contributed by atoms with Gasteiger partial charge in [-0.15, -0.1) is 0 Å². The van der Waals surface area contributed by atoms with Crippen molar-refractivity contribution >= 4 is 69.4 Å². The number of hydrogen-bond donors (Lipinski definition) is 0. The minimum absolute atomic E-state index is 0.598. The maximum atomic E-state index is 13.1. The first-order valence-corrected chi connectivity index (χ1v) is 25.7. The summed E-state index contributed by atoms with van der Waals surface area (Å²) in [4.78, 5) is 18.1. The Labute approximate surface area is 429 Å². The Morgan fingerprint density at radius 3 is 0.806 bits per heavy atom. The Hall–Kier alpha value is -4.98. The lowest BCUT2D eigenvalue weighted by molar-refractivity contribution is -0.138. The molecule has 9 rings (SSSR count). The highest BCUT2D eigenvalue weighted by molar-refractivity contribution is 8.00. The third-order valence-corrected chi connectivity index (χ3v) is 15.2. The van der Waals surface area contributed by atoms with Gasteiger partial charge in [-0.1, -0.05) is 71.7 Å². The Bertz CT molecular complexity index is 2480. The molecular formula is C54H57F9N6S3. The number of benzene rings is 6. The van der Waals surface area contributed by atoms with Crippen LogP contribution in [0.3, 0.4) is 0 Å². The van der Waals surface area contributed by atoms with Crippen LogP contribution in [0.1, 0.15) is 36.0 Å². The molecule has 0 spiro atoms. The zero-order valence-corrected chi connectivity index (χ0v) is 43.2. The van der Waals surface area contributed by atoms with E-state index < -0.39 is 35.2 Å². The molecule has 0 aromatic heterocycles. The second-order valence-electron chi connectivity index (χ2n) is 18.2. The maximum Gasteiger partial charge on any atom is 0.416 e. The van der Waals surface area contributed by atoms with Crippen LogP contribution in [0.5, 0.6) is 0 Å². The first-order chi connectivity index (χ1) is 34.1. The van der Waals surface area contributed by atoms with Crippen LogP contribution in [0.4, 0.5) is 73.6 Å². The van der Waals surface area contributed by atoms with Gasteiger partial charge in [0.25, 0.3) is 0 Å². The number of alkyl halides is 9. The van der Waals surface area contributed by atoms with Crippen molar-refractivity contribution in [3.63, 3.8) is 0 Å². The van der Waals surface area contributed by atoms with E-state index in [4.69, 9.17) is 0 Å². The quantitative estimate of drug-likeness (QED) is 0.111. The SMILES string of the molecule is CN(C)CCCN1c2ccccc2Sc2ccc(C(F)(F)F)cc21.CN(C)CCCN1c2ccccc2Sc2ccc(C(F)(F)F)cc21.CN(C)CCCN1c2ccccc2Sc2ccc(C(F)(F)F)cc21. The summed E-state index contributed by atoms with van der Waals surface area (Å²) in [5, 5.41) is 0. The van der Waals surface area contributed by atoms with Gasteiger partial charge < -0.3 is 29.4 Å². The van der Waals surface area contributed by atoms with Gasteiger partial charge >= 0.3 is 18.5 Å². The Kier molecular flexibility index (Phi) is 17.9. The molecule has 0 saturated carbocycles. The number of hydrogen-bond acceptors (Lipinski definition) is 9. The summed E-state index contributed by atoms with van der Waals surface area (Å²) in [5.41, 5.74) is 3.08. The first-order valence-electron chi connectivity index (χ1n) is 23.3. The second-order valence-corrected chi connectivity index (χ2v) is 21.4. The molecule has 3 aliphatic rings. The molecule has 0 N–H and O–H groups in total. The van der Waals surface area contributed by atoms with Crippen LogP contribution in [-0.4, -0.2) is 96.3 Å². The molecule has 0 radical (unpaired) electrons. The standard InChI is InChI=1S/3C18H19F3N2S/c3*1-22(2)10-5-11-23-14-6-3-4-7-16(14)24-17-9-8-13(12-15(17)23)18(19,20)21/h3*3-4,6-9,12H,5,10-11H2,1-2H3. The van der Waals surface area contributed by atoms with E-state index in [1.165, 1.54) is 53.5 Å². The van der Waals surface area contributed by atoms with Gasteiger partial charge in [-0.2, -0.15) is 39.5 Å². The predicted octanol–water partition coefficient (Wildman–Crippen LogP) is 15.8. The van der Waals surface area contributed by atoms with Crippen LogP contribution >= 0.6 is 35.3 Å². The summed E-state index contributed by atoms with van der Waals surface area (Å²) < 4.78 is 118. The fourth-order valence-electron chi connectivity index (χ4n) is 8.37.